The molecule has 32 heavy (non-hydrogen) atoms. The number of piperidine rings is 1. The van der Waals surface area contributed by atoms with E-state index in [0.29, 0.717) is 41.3 Å². The molecule has 1 aliphatic rings. The van der Waals surface area contributed by atoms with E-state index in [0.717, 1.165) is 32.4 Å². The minimum absolute atomic E-state index is 0.0370. The molecule has 3 aromatic rings. The number of methoxy groups -OCH3 is 2. The van der Waals surface area contributed by atoms with Gasteiger partial charge in [-0.1, -0.05) is 6.07 Å². The van der Waals surface area contributed by atoms with Crippen molar-refractivity contribution in [3.8, 4) is 11.5 Å². The van der Waals surface area contributed by atoms with Gasteiger partial charge >= 0.3 is 0 Å². The quantitative estimate of drug-likeness (QED) is 0.541. The monoisotopic (exact) mass is 456 g/mol. The summed E-state index contributed by atoms with van der Waals surface area (Å²) < 4.78 is 10.6. The third kappa shape index (κ3) is 5.11. The standard InChI is InChI=1S/C23H28N4O4S/c1-30-19-12-17-18(13-20(19)31-2)25-21(26-23(17)29)14-27-9-6-15(7-10-27)22(28)24-8-5-16-4-3-11-32-16/h3-4,11-13,15H,5-10,14H2,1-2H3,(H,24,28)(H,25,26,29). The van der Waals surface area contributed by atoms with Crippen molar-refractivity contribution in [1.29, 1.82) is 0 Å². The summed E-state index contributed by atoms with van der Waals surface area (Å²) >= 11 is 1.71. The van der Waals surface area contributed by atoms with Crippen LogP contribution in [0.15, 0.2) is 34.4 Å². The van der Waals surface area contributed by atoms with E-state index in [2.05, 4.69) is 31.6 Å². The predicted octanol–water partition coefficient (Wildman–Crippen LogP) is 2.57. The van der Waals surface area contributed by atoms with Gasteiger partial charge in [-0.15, -0.1) is 11.3 Å². The van der Waals surface area contributed by atoms with Crippen LogP contribution in [0, 0.1) is 5.92 Å². The fraction of sp³-hybridized carbons (Fsp3) is 0.435. The molecule has 0 atom stereocenters. The Morgan fingerprint density at radius 2 is 2.00 bits per heavy atom. The van der Waals surface area contributed by atoms with Crippen molar-refractivity contribution >= 4 is 28.1 Å². The van der Waals surface area contributed by atoms with Gasteiger partial charge in [0.2, 0.25) is 5.91 Å². The van der Waals surface area contributed by atoms with Crippen LogP contribution < -0.4 is 20.3 Å². The van der Waals surface area contributed by atoms with E-state index in [1.807, 2.05) is 6.07 Å². The van der Waals surface area contributed by atoms with E-state index in [1.54, 1.807) is 30.6 Å². The molecule has 1 aromatic carbocycles. The highest BCUT2D eigenvalue weighted by Crippen LogP contribution is 2.30. The summed E-state index contributed by atoms with van der Waals surface area (Å²) in [5.74, 6) is 1.81. The lowest BCUT2D eigenvalue weighted by atomic mass is 9.96. The lowest BCUT2D eigenvalue weighted by Crippen LogP contribution is -2.41. The largest absolute Gasteiger partial charge is 0.493 e. The summed E-state index contributed by atoms with van der Waals surface area (Å²) in [5.41, 5.74) is 0.368. The van der Waals surface area contributed by atoms with Crippen molar-refractivity contribution in [3.05, 3.63) is 50.7 Å². The molecular formula is C23H28N4O4S. The van der Waals surface area contributed by atoms with Crippen molar-refractivity contribution in [2.24, 2.45) is 5.92 Å². The summed E-state index contributed by atoms with van der Waals surface area (Å²) in [7, 11) is 3.09. The summed E-state index contributed by atoms with van der Waals surface area (Å²) in [6.45, 7) is 2.79. The van der Waals surface area contributed by atoms with Crippen molar-refractivity contribution in [1.82, 2.24) is 20.2 Å². The van der Waals surface area contributed by atoms with Crippen LogP contribution in [-0.2, 0) is 17.8 Å². The summed E-state index contributed by atoms with van der Waals surface area (Å²) in [6, 6.07) is 7.49. The molecular weight excluding hydrogens is 428 g/mol. The molecule has 0 spiro atoms. The molecule has 170 valence electrons. The number of benzene rings is 1. The molecule has 0 unspecified atom stereocenters. The molecule has 1 saturated heterocycles. The molecule has 1 fully saturated rings. The number of nitrogens with zero attached hydrogens (tertiary/aromatic N) is 2. The second-order valence-electron chi connectivity index (χ2n) is 7.91. The summed E-state index contributed by atoms with van der Waals surface area (Å²) in [6.07, 6.45) is 2.47. The Bertz CT molecular complexity index is 1120. The normalized spacial score (nSPS) is 15.1. The second-order valence-corrected chi connectivity index (χ2v) is 8.94. The van der Waals surface area contributed by atoms with Crippen LogP contribution in [0.4, 0.5) is 0 Å². The first-order valence-corrected chi connectivity index (χ1v) is 11.6. The molecule has 0 bridgehead atoms. The average molecular weight is 457 g/mol. The van der Waals surface area contributed by atoms with Gasteiger partial charge in [-0.2, -0.15) is 0 Å². The lowest BCUT2D eigenvalue weighted by Gasteiger charge is -2.30. The lowest BCUT2D eigenvalue weighted by molar-refractivity contribution is -0.126. The fourth-order valence-corrected chi connectivity index (χ4v) is 4.77. The molecule has 8 nitrogen and oxygen atoms in total. The number of carbonyl (C=O) groups is 1. The number of aromatic nitrogens is 2. The molecule has 4 rings (SSSR count). The number of aromatic amines is 1. The number of carbonyl (C=O) groups excluding carboxylic acids is 1. The number of fused-ring (bicyclic) bond motifs is 1. The number of hydrogen-bond acceptors (Lipinski definition) is 7. The van der Waals surface area contributed by atoms with Crippen molar-refractivity contribution in [3.63, 3.8) is 0 Å². The van der Waals surface area contributed by atoms with Gasteiger partial charge in [0.15, 0.2) is 11.5 Å². The highest BCUT2D eigenvalue weighted by Gasteiger charge is 2.25. The molecule has 3 heterocycles. The van der Waals surface area contributed by atoms with E-state index < -0.39 is 0 Å². The number of ether oxygens (including phenoxy) is 2. The first kappa shape index (κ1) is 22.3. The van der Waals surface area contributed by atoms with Gasteiger partial charge in [-0.25, -0.2) is 4.98 Å². The van der Waals surface area contributed by atoms with Gasteiger partial charge < -0.3 is 19.8 Å². The van der Waals surface area contributed by atoms with Crippen molar-refractivity contribution in [2.45, 2.75) is 25.8 Å². The Morgan fingerprint density at radius 1 is 1.25 bits per heavy atom. The zero-order chi connectivity index (χ0) is 22.5. The number of rotatable bonds is 8. The maximum Gasteiger partial charge on any atom is 0.258 e. The molecule has 0 radical (unpaired) electrons. The molecule has 1 amide bonds. The minimum atomic E-state index is -0.203. The van der Waals surface area contributed by atoms with Gasteiger partial charge in [0, 0.05) is 23.4 Å². The van der Waals surface area contributed by atoms with Crippen molar-refractivity contribution in [2.75, 3.05) is 33.9 Å². The summed E-state index contributed by atoms with van der Waals surface area (Å²) in [4.78, 5) is 36.1. The van der Waals surface area contributed by atoms with E-state index in [4.69, 9.17) is 9.47 Å². The van der Waals surface area contributed by atoms with Crippen LogP contribution >= 0.6 is 11.3 Å². The SMILES string of the molecule is COc1cc2nc(CN3CCC(C(=O)NCCc4cccs4)CC3)[nH]c(=O)c2cc1OC. The zero-order valence-electron chi connectivity index (χ0n) is 18.3. The Balaban J connectivity index is 1.33. The number of nitrogens with one attached hydrogen (secondary N) is 2. The maximum absolute atomic E-state index is 12.6. The second kappa shape index (κ2) is 10.1. The molecule has 2 aromatic heterocycles. The highest BCUT2D eigenvalue weighted by molar-refractivity contribution is 7.09. The van der Waals surface area contributed by atoms with E-state index in [-0.39, 0.29) is 17.4 Å². The third-order valence-corrected chi connectivity index (χ3v) is 6.78. The van der Waals surface area contributed by atoms with Crippen LogP contribution in [0.2, 0.25) is 0 Å². The van der Waals surface area contributed by atoms with Gasteiger partial charge in [-0.3, -0.25) is 14.5 Å². The van der Waals surface area contributed by atoms with Crippen LogP contribution in [0.25, 0.3) is 10.9 Å². The van der Waals surface area contributed by atoms with E-state index >= 15 is 0 Å². The van der Waals surface area contributed by atoms with Gasteiger partial charge in [-0.05, 0) is 49.9 Å². The van der Waals surface area contributed by atoms with Gasteiger partial charge in [0.25, 0.3) is 5.56 Å². The molecule has 2 N–H and O–H groups in total. The third-order valence-electron chi connectivity index (χ3n) is 5.84. The Labute approximate surface area is 190 Å². The van der Waals surface area contributed by atoms with E-state index in [9.17, 15) is 9.59 Å². The van der Waals surface area contributed by atoms with Crippen LogP contribution in [0.3, 0.4) is 0 Å². The fourth-order valence-electron chi connectivity index (χ4n) is 4.06. The number of likely N-dealkylation sites (tertiary alicyclic amines) is 1. The smallest absolute Gasteiger partial charge is 0.258 e. The Hall–Kier alpha value is -2.91. The molecule has 0 saturated carbocycles. The topological polar surface area (TPSA) is 96.5 Å². The first-order valence-electron chi connectivity index (χ1n) is 10.7. The zero-order valence-corrected chi connectivity index (χ0v) is 19.2. The summed E-state index contributed by atoms with van der Waals surface area (Å²) in [5, 5.41) is 5.59. The highest BCUT2D eigenvalue weighted by atomic mass is 32.1. The number of thiophene rings is 1. The first-order chi connectivity index (χ1) is 15.6. The predicted molar refractivity (Wildman–Crippen MR) is 125 cm³/mol. The van der Waals surface area contributed by atoms with Crippen molar-refractivity contribution < 1.29 is 14.3 Å². The van der Waals surface area contributed by atoms with Gasteiger partial charge in [0.1, 0.15) is 5.82 Å². The van der Waals surface area contributed by atoms with Gasteiger partial charge in [0.05, 0.1) is 31.7 Å². The molecule has 9 heteroatoms. The number of amides is 1. The minimum Gasteiger partial charge on any atom is -0.493 e. The number of hydrogen-bond donors (Lipinski definition) is 2. The van der Waals surface area contributed by atoms with Crippen LogP contribution in [-0.4, -0.2) is 54.6 Å². The Kier molecular flexibility index (Phi) is 7.06. The van der Waals surface area contributed by atoms with E-state index in [1.165, 1.54) is 12.0 Å². The number of H-pyrrole nitrogens is 1. The molecule has 1 aliphatic heterocycles. The average Bonchev–Trinajstić information content (AvgIpc) is 3.32. The Morgan fingerprint density at radius 3 is 2.69 bits per heavy atom. The maximum atomic E-state index is 12.6. The molecule has 0 aliphatic carbocycles. The van der Waals surface area contributed by atoms with Crippen LogP contribution in [0.5, 0.6) is 11.5 Å². The van der Waals surface area contributed by atoms with Crippen LogP contribution in [0.1, 0.15) is 23.5 Å².